The van der Waals surface area contributed by atoms with Gasteiger partial charge in [-0.15, -0.1) is 0 Å². The molecular formula is C33H33B2ClN4O10. The lowest BCUT2D eigenvalue weighted by Crippen LogP contribution is -2.93. The fourth-order valence-corrected chi connectivity index (χ4v) is 6.75. The Morgan fingerprint density at radius 1 is 0.980 bits per heavy atom. The Labute approximate surface area is 293 Å². The van der Waals surface area contributed by atoms with Gasteiger partial charge in [0.25, 0.3) is 5.91 Å². The second-order valence-corrected chi connectivity index (χ2v) is 13.8. The summed E-state index contributed by atoms with van der Waals surface area (Å²) in [6.07, 6.45) is 3.90. The van der Waals surface area contributed by atoms with E-state index in [4.69, 9.17) is 32.0 Å². The van der Waals surface area contributed by atoms with Crippen LogP contribution in [0.15, 0.2) is 72.6 Å². The molecule has 1 fully saturated rings. The minimum atomic E-state index is -4.33. The highest BCUT2D eigenvalue weighted by molar-refractivity contribution is 6.30. The predicted molar refractivity (Wildman–Crippen MR) is 181 cm³/mol. The summed E-state index contributed by atoms with van der Waals surface area (Å²) in [6, 6.07) is 12.6. The molecule has 0 saturated carbocycles. The molecule has 3 heterocycles. The van der Waals surface area contributed by atoms with E-state index in [2.05, 4.69) is 9.97 Å². The number of hydrogen-bond donors (Lipinski definition) is 9. The van der Waals surface area contributed by atoms with E-state index in [0.29, 0.717) is 39.9 Å². The molecule has 50 heavy (non-hydrogen) atoms. The van der Waals surface area contributed by atoms with Crippen molar-refractivity contribution in [3.8, 4) is 11.5 Å². The van der Waals surface area contributed by atoms with Crippen molar-refractivity contribution in [2.75, 3.05) is 4.90 Å². The van der Waals surface area contributed by atoms with Gasteiger partial charge < -0.3 is 50.6 Å². The zero-order chi connectivity index (χ0) is 36.7. The van der Waals surface area contributed by atoms with Crippen LogP contribution < -0.4 is 9.64 Å². The molecule has 0 bridgehead atoms. The average molecular weight is 703 g/mol. The van der Waals surface area contributed by atoms with Crippen molar-refractivity contribution in [2.24, 2.45) is 5.41 Å². The predicted octanol–water partition coefficient (Wildman–Crippen LogP) is 1.15. The minimum absolute atomic E-state index is 0.0611. The Morgan fingerprint density at radius 2 is 1.66 bits per heavy atom. The van der Waals surface area contributed by atoms with Crippen LogP contribution in [0, 0.1) is 5.41 Å². The molecule has 2 aliphatic rings. The molecule has 2 unspecified atom stereocenters. The van der Waals surface area contributed by atoms with Crippen molar-refractivity contribution in [1.29, 1.82) is 0 Å². The topological polar surface area (TPSA) is 223 Å². The van der Waals surface area contributed by atoms with Crippen LogP contribution in [-0.4, -0.2) is 107 Å². The fraction of sp³-hybridized carbons (Fsp3) is 0.333. The molecule has 4 radical (unpaired) electrons. The summed E-state index contributed by atoms with van der Waals surface area (Å²) in [7, 11) is 12.4. The van der Waals surface area contributed by atoms with Gasteiger partial charge in [0.05, 0.1) is 11.8 Å². The molecule has 2 aromatic carbocycles. The van der Waals surface area contributed by atoms with Gasteiger partial charge in [-0.1, -0.05) is 37.6 Å². The van der Waals surface area contributed by atoms with Gasteiger partial charge in [0.2, 0.25) is 0 Å². The van der Waals surface area contributed by atoms with Crippen LogP contribution in [0.1, 0.15) is 49.0 Å². The molecule has 0 amide bonds. The summed E-state index contributed by atoms with van der Waals surface area (Å²) in [5, 5.41) is 93.6. The van der Waals surface area contributed by atoms with Crippen molar-refractivity contribution in [1.82, 2.24) is 14.9 Å². The number of hydrogen-bond acceptors (Lipinski definition) is 13. The highest BCUT2D eigenvalue weighted by atomic mass is 35.5. The van der Waals surface area contributed by atoms with Crippen molar-refractivity contribution >= 4 is 55.9 Å². The quantitative estimate of drug-likeness (QED) is 0.0750. The number of ether oxygens (including phenoxy) is 1. The number of carbonyl (C=O) groups is 1. The first-order chi connectivity index (χ1) is 23.1. The van der Waals surface area contributed by atoms with E-state index in [-0.39, 0.29) is 45.8 Å². The lowest BCUT2D eigenvalue weighted by molar-refractivity contribution is -0.529. The van der Waals surface area contributed by atoms with E-state index >= 15 is 0 Å². The number of anilines is 1. The second kappa shape index (κ2) is 11.9. The third kappa shape index (κ3) is 5.62. The molecule has 1 saturated heterocycles. The number of aromatic nitrogens is 2. The highest BCUT2D eigenvalue weighted by Gasteiger charge is 2.77. The number of aromatic amines is 1. The molecule has 2 aromatic heterocycles. The largest absolute Gasteiger partial charge is 0.455 e. The third-order valence-corrected chi connectivity index (χ3v) is 9.51. The Kier molecular flexibility index (Phi) is 8.56. The number of pyridine rings is 1. The Morgan fingerprint density at radius 3 is 2.32 bits per heavy atom. The zero-order valence-corrected chi connectivity index (χ0v) is 27.6. The van der Waals surface area contributed by atoms with Crippen molar-refractivity contribution < 1.29 is 50.4 Å². The molecule has 2 atom stereocenters. The number of aldehydes is 1. The van der Waals surface area contributed by atoms with E-state index < -0.39 is 39.6 Å². The van der Waals surface area contributed by atoms with E-state index in [1.165, 1.54) is 6.20 Å². The standard InChI is InChI=1S/C33H33B2ClN4O10/c1-28(2)11-9-25(24(15-28)18-3-6-21(36)7-4-18)29(34,42)40-31(44,45)30(35,43)39(32(46,47)33(40,48)49)22-8-5-20(17-41)26(14-22)50-23-13-19-10-12-37-27(19)38-16-23/h3-8,10,12-14,16-17,42-49H,9,11,15H2,1-2H3,(H,37,38). The lowest BCUT2D eigenvalue weighted by atomic mass is 9.65. The average Bonchev–Trinajstić information content (AvgIpc) is 3.48. The van der Waals surface area contributed by atoms with Crippen molar-refractivity contribution in [2.45, 2.75) is 62.1 Å². The van der Waals surface area contributed by atoms with E-state index in [0.717, 1.165) is 18.2 Å². The SMILES string of the molecule is [B]C(O)(C1=C(c2ccc(Cl)cc2)CC(C)(C)CC1)N1C(O)(O)C([B])(O)N(c2ccc(C=O)c(Oc3cnc4[nH]ccc4c3)c2)C(O)(O)C1(O)O. The second-order valence-electron chi connectivity index (χ2n) is 13.4. The summed E-state index contributed by atoms with van der Waals surface area (Å²) in [4.78, 5) is 18.4. The number of allylic oxidation sites excluding steroid dienone is 1. The number of carbonyl (C=O) groups excluding carboxylic acids is 1. The fourth-order valence-electron chi connectivity index (χ4n) is 6.63. The monoisotopic (exact) mass is 702 g/mol. The molecule has 0 spiro atoms. The summed E-state index contributed by atoms with van der Waals surface area (Å²) >= 11 is 6.08. The summed E-state index contributed by atoms with van der Waals surface area (Å²) in [6.45, 7) is 3.87. The number of benzene rings is 2. The van der Waals surface area contributed by atoms with Crippen LogP contribution in [-0.2, 0) is 0 Å². The first kappa shape index (κ1) is 36.0. The first-order valence-corrected chi connectivity index (χ1v) is 15.7. The van der Waals surface area contributed by atoms with Crippen LogP contribution in [0.2, 0.25) is 5.02 Å². The summed E-state index contributed by atoms with van der Waals surface area (Å²) in [5.41, 5.74) is -7.07. The van der Waals surface area contributed by atoms with Crippen LogP contribution in [0.5, 0.6) is 11.5 Å². The number of rotatable bonds is 7. The molecule has 1 aliphatic carbocycles. The van der Waals surface area contributed by atoms with Crippen LogP contribution >= 0.6 is 11.6 Å². The number of piperazine rings is 1. The summed E-state index contributed by atoms with van der Waals surface area (Å²) in [5.74, 6) is -12.9. The Hall–Kier alpha value is -3.80. The Bertz CT molecular complexity index is 1970. The number of H-pyrrole nitrogens is 1. The molecular weight excluding hydrogens is 669 g/mol. The number of halogens is 1. The van der Waals surface area contributed by atoms with Crippen LogP contribution in [0.4, 0.5) is 5.69 Å². The molecule has 6 rings (SSSR count). The molecule has 17 heteroatoms. The van der Waals surface area contributed by atoms with Crippen LogP contribution in [0.3, 0.4) is 0 Å². The third-order valence-electron chi connectivity index (χ3n) is 9.25. The van der Waals surface area contributed by atoms with Gasteiger partial charge >= 0.3 is 11.8 Å². The van der Waals surface area contributed by atoms with E-state index in [1.807, 2.05) is 13.8 Å². The highest BCUT2D eigenvalue weighted by Crippen LogP contribution is 2.53. The van der Waals surface area contributed by atoms with Gasteiger partial charge in [-0.25, -0.2) is 4.98 Å². The lowest BCUT2D eigenvalue weighted by Gasteiger charge is -2.66. The number of aliphatic hydroxyl groups is 8. The van der Waals surface area contributed by atoms with E-state index in [9.17, 15) is 45.6 Å². The molecule has 4 aromatic rings. The van der Waals surface area contributed by atoms with Crippen molar-refractivity contribution in [3.05, 3.63) is 88.7 Å². The molecule has 9 N–H and O–H groups in total. The maximum atomic E-state index is 12.0. The van der Waals surface area contributed by atoms with E-state index in [1.54, 1.807) is 42.6 Å². The minimum Gasteiger partial charge on any atom is -0.455 e. The van der Waals surface area contributed by atoms with Gasteiger partial charge in [0, 0.05) is 28.4 Å². The number of nitrogens with zero attached hydrogens (tertiary/aromatic N) is 3. The van der Waals surface area contributed by atoms with Crippen molar-refractivity contribution in [3.63, 3.8) is 0 Å². The smallest absolute Gasteiger partial charge is 0.322 e. The molecule has 1 aliphatic heterocycles. The summed E-state index contributed by atoms with van der Waals surface area (Å²) < 4.78 is 5.83. The first-order valence-electron chi connectivity index (χ1n) is 15.3. The van der Waals surface area contributed by atoms with Gasteiger partial charge in [0.1, 0.15) is 30.6 Å². The number of nitrogens with one attached hydrogen (secondary N) is 1. The van der Waals surface area contributed by atoms with Gasteiger partial charge in [-0.2, -0.15) is 4.90 Å². The van der Waals surface area contributed by atoms with Gasteiger partial charge in [0.15, 0.2) is 19.8 Å². The zero-order valence-electron chi connectivity index (χ0n) is 26.8. The normalized spacial score (nSPS) is 24.2. The maximum Gasteiger partial charge on any atom is 0.322 e. The maximum absolute atomic E-state index is 12.0. The number of fused-ring (bicyclic) bond motifs is 1. The Balaban J connectivity index is 1.47. The molecule has 258 valence electrons. The van der Waals surface area contributed by atoms with Gasteiger partial charge in [-0.05, 0) is 77.8 Å². The molecule has 14 nitrogen and oxygen atoms in total. The van der Waals surface area contributed by atoms with Crippen LogP contribution in [0.25, 0.3) is 16.6 Å². The van der Waals surface area contributed by atoms with Gasteiger partial charge in [-0.3, -0.25) is 9.69 Å².